The molecule has 2 rings (SSSR count). The van der Waals surface area contributed by atoms with Crippen LogP contribution in [0.5, 0.6) is 0 Å². The van der Waals surface area contributed by atoms with Crippen molar-refractivity contribution in [1.82, 2.24) is 9.80 Å². The number of halogens is 1. The molecule has 6 heteroatoms. The molecule has 0 aliphatic carbocycles. The maximum atomic E-state index is 12.6. The Morgan fingerprint density at radius 1 is 1.27 bits per heavy atom. The van der Waals surface area contributed by atoms with E-state index in [-0.39, 0.29) is 5.91 Å². The van der Waals surface area contributed by atoms with Gasteiger partial charge in [0.2, 0.25) is 0 Å². The Morgan fingerprint density at radius 2 is 1.95 bits per heavy atom. The summed E-state index contributed by atoms with van der Waals surface area (Å²) in [6.45, 7) is 5.22. The zero-order chi connectivity index (χ0) is 15.8. The van der Waals surface area contributed by atoms with Crippen LogP contribution >= 0.6 is 15.9 Å². The lowest BCUT2D eigenvalue weighted by molar-refractivity contribution is 0.0326. The van der Waals surface area contributed by atoms with Crippen molar-refractivity contribution in [2.45, 2.75) is 6.42 Å². The van der Waals surface area contributed by atoms with Gasteiger partial charge < -0.3 is 9.64 Å². The number of benzene rings is 1. The SMILES string of the molecule is N#CCCN(CCN1CCOCC1)C(=O)c1ccc(Br)cc1. The first-order valence-corrected chi connectivity index (χ1v) is 8.22. The average molecular weight is 366 g/mol. The van der Waals surface area contributed by atoms with E-state index >= 15 is 0 Å². The first-order valence-electron chi connectivity index (χ1n) is 7.42. The highest BCUT2D eigenvalue weighted by Gasteiger charge is 2.17. The van der Waals surface area contributed by atoms with Crippen molar-refractivity contribution in [3.05, 3.63) is 34.3 Å². The summed E-state index contributed by atoms with van der Waals surface area (Å²) in [5, 5.41) is 8.80. The minimum atomic E-state index is -0.0176. The van der Waals surface area contributed by atoms with E-state index in [1.54, 1.807) is 17.0 Å². The van der Waals surface area contributed by atoms with Crippen LogP contribution < -0.4 is 0 Å². The van der Waals surface area contributed by atoms with Crippen LogP contribution in [0.15, 0.2) is 28.7 Å². The molecule has 0 radical (unpaired) electrons. The smallest absolute Gasteiger partial charge is 0.253 e. The van der Waals surface area contributed by atoms with Crippen molar-refractivity contribution >= 4 is 21.8 Å². The molecule has 1 saturated heterocycles. The number of nitrogens with zero attached hydrogens (tertiary/aromatic N) is 3. The summed E-state index contributed by atoms with van der Waals surface area (Å²) in [5.41, 5.74) is 0.656. The number of carbonyl (C=O) groups is 1. The maximum absolute atomic E-state index is 12.6. The molecule has 1 aromatic rings. The van der Waals surface area contributed by atoms with Gasteiger partial charge in [-0.3, -0.25) is 9.69 Å². The van der Waals surface area contributed by atoms with Crippen molar-refractivity contribution in [3.63, 3.8) is 0 Å². The monoisotopic (exact) mass is 365 g/mol. The second-order valence-electron chi connectivity index (χ2n) is 5.16. The molecule has 1 aliphatic rings. The third-order valence-corrected chi connectivity index (χ3v) is 4.19. The van der Waals surface area contributed by atoms with Crippen molar-refractivity contribution in [1.29, 1.82) is 5.26 Å². The molecule has 118 valence electrons. The first-order chi connectivity index (χ1) is 10.7. The van der Waals surface area contributed by atoms with Gasteiger partial charge in [-0.1, -0.05) is 15.9 Å². The topological polar surface area (TPSA) is 56.6 Å². The number of amides is 1. The van der Waals surface area contributed by atoms with Crippen molar-refractivity contribution in [2.24, 2.45) is 0 Å². The van der Waals surface area contributed by atoms with Gasteiger partial charge in [-0.25, -0.2) is 0 Å². The molecule has 0 aromatic heterocycles. The normalized spacial score (nSPS) is 15.3. The molecule has 1 amide bonds. The van der Waals surface area contributed by atoms with Crippen LogP contribution in [0, 0.1) is 11.3 Å². The number of rotatable bonds is 6. The largest absolute Gasteiger partial charge is 0.379 e. The summed E-state index contributed by atoms with van der Waals surface area (Å²) < 4.78 is 6.27. The van der Waals surface area contributed by atoms with Crippen molar-refractivity contribution in [2.75, 3.05) is 45.9 Å². The summed E-state index contributed by atoms with van der Waals surface area (Å²) >= 11 is 3.37. The second-order valence-corrected chi connectivity index (χ2v) is 6.08. The van der Waals surface area contributed by atoms with Gasteiger partial charge in [-0.15, -0.1) is 0 Å². The average Bonchev–Trinajstić information content (AvgIpc) is 2.56. The molecular weight excluding hydrogens is 346 g/mol. The van der Waals surface area contributed by atoms with Crippen LogP contribution in [-0.4, -0.2) is 61.6 Å². The molecule has 0 N–H and O–H groups in total. The third-order valence-electron chi connectivity index (χ3n) is 3.66. The summed E-state index contributed by atoms with van der Waals surface area (Å²) in [4.78, 5) is 16.6. The Labute approximate surface area is 139 Å². The van der Waals surface area contributed by atoms with Crippen LogP contribution in [0.3, 0.4) is 0 Å². The third kappa shape index (κ3) is 5.09. The number of ether oxygens (including phenoxy) is 1. The minimum absolute atomic E-state index is 0.0176. The van der Waals surface area contributed by atoms with Gasteiger partial charge in [-0.05, 0) is 24.3 Å². The maximum Gasteiger partial charge on any atom is 0.253 e. The lowest BCUT2D eigenvalue weighted by Crippen LogP contribution is -2.43. The van der Waals surface area contributed by atoms with Gasteiger partial charge >= 0.3 is 0 Å². The van der Waals surface area contributed by atoms with E-state index in [2.05, 4.69) is 26.9 Å². The van der Waals surface area contributed by atoms with Gasteiger partial charge in [-0.2, -0.15) is 5.26 Å². The van der Waals surface area contributed by atoms with E-state index in [9.17, 15) is 4.79 Å². The summed E-state index contributed by atoms with van der Waals surface area (Å²) in [6.07, 6.45) is 0.353. The number of hydrogen-bond donors (Lipinski definition) is 0. The van der Waals surface area contributed by atoms with Crippen LogP contribution in [0.2, 0.25) is 0 Å². The van der Waals surface area contributed by atoms with Crippen LogP contribution in [-0.2, 0) is 4.74 Å². The quantitative estimate of drug-likeness (QED) is 0.774. The van der Waals surface area contributed by atoms with E-state index in [1.165, 1.54) is 0 Å². The highest BCUT2D eigenvalue weighted by molar-refractivity contribution is 9.10. The number of hydrogen-bond acceptors (Lipinski definition) is 4. The Kier molecular flexibility index (Phi) is 6.84. The first kappa shape index (κ1) is 16.9. The second kappa shape index (κ2) is 8.89. The Hall–Kier alpha value is -1.42. The molecule has 1 aromatic carbocycles. The summed E-state index contributed by atoms with van der Waals surface area (Å²) in [7, 11) is 0. The molecule has 0 saturated carbocycles. The van der Waals surface area contributed by atoms with Gasteiger partial charge in [0.25, 0.3) is 5.91 Å². The molecule has 1 heterocycles. The van der Waals surface area contributed by atoms with Crippen LogP contribution in [0.25, 0.3) is 0 Å². The van der Waals surface area contributed by atoms with E-state index in [0.717, 1.165) is 37.3 Å². The standard InChI is InChI=1S/C16H20BrN3O2/c17-15-4-2-14(3-5-15)16(21)20(7-1-6-18)9-8-19-10-12-22-13-11-19/h2-5H,1,7-13H2. The number of morpholine rings is 1. The Morgan fingerprint density at radius 3 is 2.59 bits per heavy atom. The number of carbonyl (C=O) groups excluding carboxylic acids is 1. The van der Waals surface area contributed by atoms with E-state index in [4.69, 9.17) is 10.00 Å². The number of nitriles is 1. The highest BCUT2D eigenvalue weighted by atomic mass is 79.9. The fourth-order valence-corrected chi connectivity index (χ4v) is 2.63. The molecular formula is C16H20BrN3O2. The predicted molar refractivity (Wildman–Crippen MR) is 87.5 cm³/mol. The van der Waals surface area contributed by atoms with Gasteiger partial charge in [0, 0.05) is 42.8 Å². The van der Waals surface area contributed by atoms with Gasteiger partial charge in [0.15, 0.2) is 0 Å². The molecule has 0 bridgehead atoms. The van der Waals surface area contributed by atoms with E-state index in [1.807, 2.05) is 12.1 Å². The Balaban J connectivity index is 1.96. The van der Waals surface area contributed by atoms with Crippen LogP contribution in [0.4, 0.5) is 0 Å². The summed E-state index contributed by atoms with van der Waals surface area (Å²) in [6, 6.07) is 9.45. The van der Waals surface area contributed by atoms with E-state index < -0.39 is 0 Å². The minimum Gasteiger partial charge on any atom is -0.379 e. The molecule has 0 atom stereocenters. The lowest BCUT2D eigenvalue weighted by Gasteiger charge is -2.30. The van der Waals surface area contributed by atoms with Gasteiger partial charge in [0.1, 0.15) is 0 Å². The van der Waals surface area contributed by atoms with E-state index in [0.29, 0.717) is 25.1 Å². The molecule has 1 fully saturated rings. The van der Waals surface area contributed by atoms with Crippen LogP contribution in [0.1, 0.15) is 16.8 Å². The Bertz CT molecular complexity index is 521. The predicted octanol–water partition coefficient (Wildman–Crippen LogP) is 2.14. The molecule has 0 unspecified atom stereocenters. The van der Waals surface area contributed by atoms with Gasteiger partial charge in [0.05, 0.1) is 25.7 Å². The summed E-state index contributed by atoms with van der Waals surface area (Å²) in [5.74, 6) is -0.0176. The lowest BCUT2D eigenvalue weighted by atomic mass is 10.2. The fraction of sp³-hybridized carbons (Fsp3) is 0.500. The van der Waals surface area contributed by atoms with Crippen molar-refractivity contribution in [3.8, 4) is 6.07 Å². The highest BCUT2D eigenvalue weighted by Crippen LogP contribution is 2.13. The zero-order valence-electron chi connectivity index (χ0n) is 12.5. The zero-order valence-corrected chi connectivity index (χ0v) is 14.1. The molecule has 0 spiro atoms. The molecule has 5 nitrogen and oxygen atoms in total. The molecule has 1 aliphatic heterocycles. The molecule has 22 heavy (non-hydrogen) atoms. The fourth-order valence-electron chi connectivity index (χ4n) is 2.36. The van der Waals surface area contributed by atoms with Crippen molar-refractivity contribution < 1.29 is 9.53 Å².